The van der Waals surface area contributed by atoms with Crippen molar-refractivity contribution in [2.45, 2.75) is 24.2 Å². The number of hydrogen-bond acceptors (Lipinski definition) is 5. The number of amides is 1. The summed E-state index contributed by atoms with van der Waals surface area (Å²) in [6.45, 7) is 0.230. The number of carboxylic acid groups (broad SMARTS) is 1. The van der Waals surface area contributed by atoms with Crippen LogP contribution in [0.5, 0.6) is 0 Å². The number of nitrogens with zero attached hydrogens (tertiary/aromatic N) is 1. The van der Waals surface area contributed by atoms with E-state index in [2.05, 4.69) is 12.1 Å². The number of rotatable bonds is 5. The molecule has 2 aromatic carbocycles. The number of ether oxygens (including phenoxy) is 3. The lowest BCUT2D eigenvalue weighted by Crippen LogP contribution is -2.46. The molecule has 2 aliphatic rings. The van der Waals surface area contributed by atoms with E-state index in [1.54, 1.807) is 0 Å². The van der Waals surface area contributed by atoms with Gasteiger partial charge in [-0.1, -0.05) is 48.5 Å². The van der Waals surface area contributed by atoms with E-state index in [1.807, 2.05) is 36.4 Å². The van der Waals surface area contributed by atoms with Crippen LogP contribution in [0.1, 0.15) is 17.0 Å². The molecule has 3 atom stereocenters. The summed E-state index contributed by atoms with van der Waals surface area (Å²) in [5.41, 5.74) is 4.46. The van der Waals surface area contributed by atoms with Crippen LogP contribution in [0.15, 0.2) is 48.5 Å². The summed E-state index contributed by atoms with van der Waals surface area (Å²) in [4.78, 5) is 25.7. The van der Waals surface area contributed by atoms with E-state index in [-0.39, 0.29) is 19.1 Å². The van der Waals surface area contributed by atoms with Crippen molar-refractivity contribution in [1.82, 2.24) is 4.90 Å². The molecule has 29 heavy (non-hydrogen) atoms. The number of carbonyl (C=O) groups excluding carboxylic acids is 1. The van der Waals surface area contributed by atoms with Crippen LogP contribution >= 0.6 is 0 Å². The highest BCUT2D eigenvalue weighted by Crippen LogP contribution is 2.44. The summed E-state index contributed by atoms with van der Waals surface area (Å²) >= 11 is 0. The third kappa shape index (κ3) is 3.26. The van der Waals surface area contributed by atoms with Crippen molar-refractivity contribution in [3.8, 4) is 11.1 Å². The molecule has 0 aromatic heterocycles. The smallest absolute Gasteiger partial charge is 0.410 e. The molecular formula is C22H23NO6. The number of benzene rings is 2. The minimum Gasteiger partial charge on any atom is -0.480 e. The zero-order valence-corrected chi connectivity index (χ0v) is 16.3. The van der Waals surface area contributed by atoms with Crippen LogP contribution in [0.3, 0.4) is 0 Å². The Morgan fingerprint density at radius 3 is 2.10 bits per heavy atom. The van der Waals surface area contributed by atoms with Crippen molar-refractivity contribution in [2.24, 2.45) is 0 Å². The Morgan fingerprint density at radius 2 is 1.59 bits per heavy atom. The molecule has 1 fully saturated rings. The van der Waals surface area contributed by atoms with E-state index in [1.165, 1.54) is 19.1 Å². The average molecular weight is 397 g/mol. The minimum atomic E-state index is -1.15. The molecule has 4 rings (SSSR count). The molecule has 0 spiro atoms. The van der Waals surface area contributed by atoms with Gasteiger partial charge in [0, 0.05) is 20.1 Å². The molecule has 0 unspecified atom stereocenters. The second-order valence-corrected chi connectivity index (χ2v) is 7.21. The van der Waals surface area contributed by atoms with Crippen molar-refractivity contribution in [3.63, 3.8) is 0 Å². The number of likely N-dealkylation sites (tertiary alicyclic amines) is 1. The van der Waals surface area contributed by atoms with Gasteiger partial charge in [0.05, 0.1) is 6.54 Å². The lowest BCUT2D eigenvalue weighted by molar-refractivity contribution is -0.146. The van der Waals surface area contributed by atoms with Crippen molar-refractivity contribution in [1.29, 1.82) is 0 Å². The third-order valence-electron chi connectivity index (χ3n) is 5.79. The van der Waals surface area contributed by atoms with Crippen molar-refractivity contribution < 1.29 is 28.9 Å². The molecular weight excluding hydrogens is 374 g/mol. The maximum atomic E-state index is 12.8. The van der Waals surface area contributed by atoms with Crippen LogP contribution in [-0.2, 0) is 19.0 Å². The third-order valence-corrected chi connectivity index (χ3v) is 5.79. The van der Waals surface area contributed by atoms with Gasteiger partial charge in [-0.15, -0.1) is 0 Å². The van der Waals surface area contributed by atoms with E-state index >= 15 is 0 Å². The van der Waals surface area contributed by atoms with Gasteiger partial charge in [-0.05, 0) is 22.3 Å². The number of carboxylic acids is 1. The highest BCUT2D eigenvalue weighted by molar-refractivity contribution is 5.82. The second-order valence-electron chi connectivity index (χ2n) is 7.21. The average Bonchev–Trinajstić information content (AvgIpc) is 3.28. The van der Waals surface area contributed by atoms with Gasteiger partial charge in [0.25, 0.3) is 0 Å². The Hall–Kier alpha value is -2.90. The number of fused-ring (bicyclic) bond motifs is 3. The normalized spacial score (nSPS) is 23.0. The van der Waals surface area contributed by atoms with Gasteiger partial charge in [0.1, 0.15) is 18.8 Å². The predicted octanol–water partition coefficient (Wildman–Crippen LogP) is 2.73. The van der Waals surface area contributed by atoms with Crippen LogP contribution in [0.4, 0.5) is 4.79 Å². The Bertz CT molecular complexity index is 884. The molecule has 7 nitrogen and oxygen atoms in total. The van der Waals surface area contributed by atoms with Gasteiger partial charge >= 0.3 is 12.1 Å². The quantitative estimate of drug-likeness (QED) is 0.835. The van der Waals surface area contributed by atoms with E-state index < -0.39 is 30.3 Å². The van der Waals surface area contributed by atoms with E-state index in [4.69, 9.17) is 14.2 Å². The fourth-order valence-electron chi connectivity index (χ4n) is 4.42. The predicted molar refractivity (Wildman–Crippen MR) is 105 cm³/mol. The summed E-state index contributed by atoms with van der Waals surface area (Å²) in [6.07, 6.45) is -1.96. The molecule has 0 radical (unpaired) electrons. The lowest BCUT2D eigenvalue weighted by atomic mass is 9.98. The summed E-state index contributed by atoms with van der Waals surface area (Å²) in [7, 11) is 2.88. The SMILES string of the molecule is CO[C@@H]1[C@H](OC)CN(C(=O)OCC2c3ccccc3-c3ccccc32)[C@H]1C(=O)O. The first-order valence-electron chi connectivity index (χ1n) is 9.46. The molecule has 2 aromatic rings. The highest BCUT2D eigenvalue weighted by atomic mass is 16.6. The molecule has 1 aliphatic heterocycles. The number of aliphatic carboxylic acids is 1. The number of carbonyl (C=O) groups is 2. The first kappa shape index (κ1) is 19.4. The minimum absolute atomic E-state index is 0.0892. The number of methoxy groups -OCH3 is 2. The van der Waals surface area contributed by atoms with E-state index in [0.717, 1.165) is 22.3 Å². The van der Waals surface area contributed by atoms with E-state index in [9.17, 15) is 14.7 Å². The fourth-order valence-corrected chi connectivity index (χ4v) is 4.42. The summed E-state index contributed by atoms with van der Waals surface area (Å²) < 4.78 is 16.2. The Balaban J connectivity index is 1.53. The van der Waals surface area contributed by atoms with Crippen molar-refractivity contribution in [3.05, 3.63) is 59.7 Å². The molecule has 1 amide bonds. The Labute approximate surface area is 168 Å². The lowest BCUT2D eigenvalue weighted by Gasteiger charge is -2.24. The van der Waals surface area contributed by atoms with Crippen LogP contribution in [0.25, 0.3) is 11.1 Å². The number of hydrogen-bond donors (Lipinski definition) is 1. The molecule has 1 heterocycles. The largest absolute Gasteiger partial charge is 0.480 e. The van der Waals surface area contributed by atoms with Gasteiger partial charge in [-0.25, -0.2) is 9.59 Å². The monoisotopic (exact) mass is 397 g/mol. The van der Waals surface area contributed by atoms with Gasteiger partial charge < -0.3 is 19.3 Å². The van der Waals surface area contributed by atoms with Crippen LogP contribution in [0.2, 0.25) is 0 Å². The Morgan fingerprint density at radius 1 is 1.00 bits per heavy atom. The second kappa shape index (κ2) is 7.85. The van der Waals surface area contributed by atoms with Gasteiger partial charge in [0.15, 0.2) is 6.04 Å². The summed E-state index contributed by atoms with van der Waals surface area (Å²) in [5.74, 6) is -1.24. The first-order valence-corrected chi connectivity index (χ1v) is 9.46. The fraction of sp³-hybridized carbons (Fsp3) is 0.364. The van der Waals surface area contributed by atoms with Gasteiger partial charge in [-0.3, -0.25) is 4.90 Å². The van der Waals surface area contributed by atoms with Crippen molar-refractivity contribution >= 4 is 12.1 Å². The standard InChI is InChI=1S/C22H23NO6/c1-27-18-11-23(19(21(24)25)20(18)28-2)22(26)29-12-17-15-9-5-3-7-13(15)14-8-4-6-10-16(14)17/h3-10,17-20H,11-12H2,1-2H3,(H,24,25)/t18-,19-,20-/m1/s1. The molecule has 1 saturated heterocycles. The zero-order valence-electron chi connectivity index (χ0n) is 16.3. The first-order chi connectivity index (χ1) is 14.1. The van der Waals surface area contributed by atoms with Crippen LogP contribution in [-0.4, -0.2) is 67.7 Å². The highest BCUT2D eigenvalue weighted by Gasteiger charge is 2.49. The van der Waals surface area contributed by atoms with Crippen LogP contribution < -0.4 is 0 Å². The molecule has 7 heteroatoms. The molecule has 0 bridgehead atoms. The molecule has 1 aliphatic carbocycles. The molecule has 0 saturated carbocycles. The molecule has 152 valence electrons. The Kier molecular flexibility index (Phi) is 5.25. The van der Waals surface area contributed by atoms with Gasteiger partial charge in [0.2, 0.25) is 0 Å². The van der Waals surface area contributed by atoms with Gasteiger partial charge in [-0.2, -0.15) is 0 Å². The summed E-state index contributed by atoms with van der Waals surface area (Å²) in [5, 5.41) is 9.60. The zero-order chi connectivity index (χ0) is 20.5. The van der Waals surface area contributed by atoms with E-state index in [0.29, 0.717) is 0 Å². The van der Waals surface area contributed by atoms with Crippen molar-refractivity contribution in [2.75, 3.05) is 27.4 Å². The topological polar surface area (TPSA) is 85.3 Å². The molecule has 1 N–H and O–H groups in total. The maximum Gasteiger partial charge on any atom is 0.410 e. The maximum absolute atomic E-state index is 12.8. The summed E-state index contributed by atoms with van der Waals surface area (Å²) in [6, 6.07) is 14.9. The van der Waals surface area contributed by atoms with Crippen LogP contribution in [0, 0.1) is 0 Å².